The number of carbonyl (C=O) groups is 1. The van der Waals surface area contributed by atoms with Crippen LogP contribution in [0.5, 0.6) is 0 Å². The van der Waals surface area contributed by atoms with Crippen LogP contribution in [0.25, 0.3) is 0 Å². The lowest BCUT2D eigenvalue weighted by Gasteiger charge is -2.37. The number of aliphatic imine (C=N–C) groups is 2. The number of halogens is 1. The van der Waals surface area contributed by atoms with Crippen molar-refractivity contribution in [1.82, 2.24) is 10.2 Å². The van der Waals surface area contributed by atoms with E-state index in [4.69, 9.17) is 11.5 Å². The molecule has 2 amide bonds. The Kier molecular flexibility index (Phi) is 11.7. The van der Waals surface area contributed by atoms with Crippen LogP contribution in [-0.2, 0) is 6.42 Å². The summed E-state index contributed by atoms with van der Waals surface area (Å²) >= 11 is 0. The van der Waals surface area contributed by atoms with Crippen LogP contribution in [0.4, 0.5) is 26.2 Å². The maximum absolute atomic E-state index is 13.2. The first-order valence-electron chi connectivity index (χ1n) is 13.1. The molecule has 2 aromatic rings. The minimum Gasteiger partial charge on any atom is -0.405 e. The van der Waals surface area contributed by atoms with Gasteiger partial charge in [0.15, 0.2) is 0 Å². The molecule has 0 spiro atoms. The second kappa shape index (κ2) is 15.4. The Morgan fingerprint density at radius 1 is 1.13 bits per heavy atom. The van der Waals surface area contributed by atoms with Crippen molar-refractivity contribution in [3.8, 4) is 0 Å². The van der Waals surface area contributed by atoms with Crippen molar-refractivity contribution in [2.24, 2.45) is 27.4 Å². The van der Waals surface area contributed by atoms with Crippen LogP contribution < -0.4 is 22.1 Å². The summed E-state index contributed by atoms with van der Waals surface area (Å²) in [6, 6.07) is 11.1. The third kappa shape index (κ3) is 10.3. The zero-order valence-corrected chi connectivity index (χ0v) is 22.2. The van der Waals surface area contributed by atoms with E-state index in [9.17, 15) is 14.3 Å². The van der Waals surface area contributed by atoms with Crippen molar-refractivity contribution in [3.63, 3.8) is 0 Å². The Hall–Kier alpha value is -4.02. The number of hydrogen-bond donors (Lipinski definition) is 5. The number of rotatable bonds is 11. The van der Waals surface area contributed by atoms with Crippen LogP contribution in [0.2, 0.25) is 0 Å². The molecule has 0 unspecified atom stereocenters. The minimum atomic E-state index is -0.680. The van der Waals surface area contributed by atoms with Crippen molar-refractivity contribution in [2.75, 3.05) is 18.4 Å². The summed E-state index contributed by atoms with van der Waals surface area (Å²) in [5.74, 6) is 0.151. The van der Waals surface area contributed by atoms with Crippen molar-refractivity contribution in [1.29, 1.82) is 0 Å². The highest BCUT2D eigenvalue weighted by atomic mass is 19.1. The largest absolute Gasteiger partial charge is 0.405 e. The van der Waals surface area contributed by atoms with Crippen molar-refractivity contribution in [2.45, 2.75) is 44.9 Å². The van der Waals surface area contributed by atoms with Crippen molar-refractivity contribution in [3.05, 3.63) is 78.4 Å². The van der Waals surface area contributed by atoms with Gasteiger partial charge in [-0.15, -0.1) is 0 Å². The summed E-state index contributed by atoms with van der Waals surface area (Å²) in [6.07, 6.45) is 11.6. The molecular weight excluding hydrogens is 497 g/mol. The van der Waals surface area contributed by atoms with E-state index in [2.05, 4.69) is 25.5 Å². The van der Waals surface area contributed by atoms with Gasteiger partial charge in [0, 0.05) is 43.7 Å². The van der Waals surface area contributed by atoms with E-state index in [-0.39, 0.29) is 11.9 Å². The average molecular weight is 536 g/mol. The summed E-state index contributed by atoms with van der Waals surface area (Å²) in [6.45, 7) is 3.42. The number of nitrogens with one attached hydrogen (secondary N) is 2. The van der Waals surface area contributed by atoms with E-state index in [1.807, 2.05) is 19.1 Å². The number of aliphatic hydroxyl groups is 1. The second-order valence-corrected chi connectivity index (χ2v) is 9.61. The third-order valence-electron chi connectivity index (χ3n) is 6.35. The number of piperidine rings is 1. The number of amides is 2. The Balaban J connectivity index is 1.54. The molecule has 0 aromatic heterocycles. The van der Waals surface area contributed by atoms with Crippen LogP contribution >= 0.6 is 0 Å². The summed E-state index contributed by atoms with van der Waals surface area (Å²) in [7, 11) is 0. The van der Waals surface area contributed by atoms with Gasteiger partial charge in [-0.05, 0) is 92.6 Å². The Labute approximate surface area is 229 Å². The summed E-state index contributed by atoms with van der Waals surface area (Å²) < 4.78 is 13.2. The van der Waals surface area contributed by atoms with Gasteiger partial charge in [0.25, 0.3) is 0 Å². The number of likely N-dealkylation sites (tertiary alicyclic amines) is 1. The molecule has 1 heterocycles. The maximum atomic E-state index is 13.2. The molecule has 39 heavy (non-hydrogen) atoms. The molecule has 208 valence electrons. The van der Waals surface area contributed by atoms with Gasteiger partial charge in [0.2, 0.25) is 0 Å². The zero-order chi connectivity index (χ0) is 28.0. The predicted molar refractivity (Wildman–Crippen MR) is 156 cm³/mol. The fourth-order valence-electron chi connectivity index (χ4n) is 4.58. The standard InChI is InChI=1S/C29H38FN7O2/c1-21(15-28(38)37-14-2-5-23(20-37)16-22-6-8-24(30)9-7-22)35-29(39)36-27-18-25(33-12-3-10-31)17-26(19-27)34-13-4-11-32/h3-4,6-13,17-19,21,23,28,38H,2,5,14-16,20,31-32H2,1H3,(H2,35,36,39)/b10-3-,11-4-,33-12?,34-13?/t21-,23+,28-/m1/s1. The topological polar surface area (TPSA) is 141 Å². The lowest BCUT2D eigenvalue weighted by atomic mass is 9.91. The summed E-state index contributed by atoms with van der Waals surface area (Å²) in [4.78, 5) is 23.4. The first-order valence-corrected chi connectivity index (χ1v) is 13.1. The Morgan fingerprint density at radius 2 is 1.77 bits per heavy atom. The van der Waals surface area contributed by atoms with E-state index in [1.54, 1.807) is 42.8 Å². The molecule has 9 nitrogen and oxygen atoms in total. The fraction of sp³-hybridized carbons (Fsp3) is 0.345. The number of aliphatic hydroxyl groups excluding tert-OH is 1. The lowest BCUT2D eigenvalue weighted by molar-refractivity contribution is -0.0306. The fourth-order valence-corrected chi connectivity index (χ4v) is 4.58. The molecule has 0 radical (unpaired) electrons. The molecule has 3 rings (SSSR count). The Morgan fingerprint density at radius 3 is 2.38 bits per heavy atom. The maximum Gasteiger partial charge on any atom is 0.319 e. The quantitative estimate of drug-likeness (QED) is 0.272. The number of nitrogens with two attached hydrogens (primary N) is 2. The number of allylic oxidation sites excluding steroid dienone is 2. The number of hydrogen-bond acceptors (Lipinski definition) is 7. The van der Waals surface area contributed by atoms with Gasteiger partial charge >= 0.3 is 6.03 Å². The molecule has 3 atom stereocenters. The van der Waals surface area contributed by atoms with Crippen LogP contribution in [0.15, 0.2) is 77.0 Å². The number of urea groups is 1. The molecule has 7 N–H and O–H groups in total. The van der Waals surface area contributed by atoms with Gasteiger partial charge in [0.05, 0.1) is 11.4 Å². The van der Waals surface area contributed by atoms with Crippen LogP contribution in [0, 0.1) is 11.7 Å². The van der Waals surface area contributed by atoms with Gasteiger partial charge in [-0.3, -0.25) is 14.9 Å². The first kappa shape index (κ1) is 29.5. The van der Waals surface area contributed by atoms with E-state index < -0.39 is 12.3 Å². The van der Waals surface area contributed by atoms with E-state index in [0.717, 1.165) is 37.9 Å². The van der Waals surface area contributed by atoms with E-state index >= 15 is 0 Å². The van der Waals surface area contributed by atoms with Gasteiger partial charge in [-0.1, -0.05) is 12.1 Å². The predicted octanol–water partition coefficient (Wildman–Crippen LogP) is 4.35. The van der Waals surface area contributed by atoms with Gasteiger partial charge < -0.3 is 27.2 Å². The van der Waals surface area contributed by atoms with Gasteiger partial charge in [-0.2, -0.15) is 0 Å². The Bertz CT molecular complexity index is 1140. The molecule has 1 aliphatic rings. The average Bonchev–Trinajstić information content (AvgIpc) is 2.90. The SMILES string of the molecule is C[C@H](C[C@@H](O)N1CCC[C@@H](Cc2ccc(F)cc2)C1)NC(=O)Nc1cc(N=C/C=C\N)cc(N=C/C=C\N)c1. The highest BCUT2D eigenvalue weighted by molar-refractivity contribution is 5.91. The van der Waals surface area contributed by atoms with Crippen molar-refractivity contribution >= 4 is 35.5 Å². The van der Waals surface area contributed by atoms with Gasteiger partial charge in [-0.25, -0.2) is 9.18 Å². The summed E-state index contributed by atoms with van der Waals surface area (Å²) in [5, 5.41) is 16.6. The van der Waals surface area contributed by atoms with E-state index in [0.29, 0.717) is 29.4 Å². The van der Waals surface area contributed by atoms with Crippen LogP contribution in [0.1, 0.15) is 31.7 Å². The molecule has 10 heteroatoms. The van der Waals surface area contributed by atoms with Crippen LogP contribution in [-0.4, -0.2) is 53.8 Å². The minimum absolute atomic E-state index is 0.236. The molecule has 1 aliphatic heterocycles. The molecule has 0 bridgehead atoms. The molecule has 0 aliphatic carbocycles. The van der Waals surface area contributed by atoms with Gasteiger partial charge in [0.1, 0.15) is 12.0 Å². The molecule has 1 saturated heterocycles. The molecule has 0 saturated carbocycles. The third-order valence-corrected chi connectivity index (χ3v) is 6.35. The monoisotopic (exact) mass is 535 g/mol. The van der Waals surface area contributed by atoms with Crippen LogP contribution in [0.3, 0.4) is 0 Å². The molecule has 1 fully saturated rings. The lowest BCUT2D eigenvalue weighted by Crippen LogP contribution is -2.47. The smallest absolute Gasteiger partial charge is 0.319 e. The van der Waals surface area contributed by atoms with E-state index in [1.165, 1.54) is 24.5 Å². The van der Waals surface area contributed by atoms with Crippen molar-refractivity contribution < 1.29 is 14.3 Å². The second-order valence-electron chi connectivity index (χ2n) is 9.61. The number of benzene rings is 2. The number of nitrogens with zero attached hydrogens (tertiary/aromatic N) is 3. The molecular formula is C29H38FN7O2. The normalized spacial score (nSPS) is 18.3. The first-order chi connectivity index (χ1) is 18.9. The molecule has 2 aromatic carbocycles. The zero-order valence-electron chi connectivity index (χ0n) is 22.2. The highest BCUT2D eigenvalue weighted by Gasteiger charge is 2.26. The highest BCUT2D eigenvalue weighted by Crippen LogP contribution is 2.27. The number of carbonyl (C=O) groups excluding carboxylic acids is 1. The number of anilines is 1. The summed E-state index contributed by atoms with van der Waals surface area (Å²) in [5.41, 5.74) is 13.5.